The molecule has 1 unspecified atom stereocenters. The van der Waals surface area contributed by atoms with E-state index < -0.39 is 16.8 Å². The fourth-order valence-corrected chi connectivity index (χ4v) is 4.11. The Kier molecular flexibility index (Phi) is 5.29. The first-order chi connectivity index (χ1) is 14.9. The van der Waals surface area contributed by atoms with Gasteiger partial charge in [-0.25, -0.2) is 4.79 Å². The number of nitro benzene ring substituents is 1. The van der Waals surface area contributed by atoms with Gasteiger partial charge in [-0.3, -0.25) is 14.8 Å². The van der Waals surface area contributed by atoms with Crippen LogP contribution in [0.5, 0.6) is 0 Å². The number of nitrogens with one attached hydrogen (secondary N) is 1. The number of aromatic nitrogens is 2. The highest BCUT2D eigenvalue weighted by atomic mass is 16.6. The van der Waals surface area contributed by atoms with Crippen molar-refractivity contribution in [3.05, 3.63) is 98.4 Å². The average Bonchev–Trinajstić information content (AvgIpc) is 3.07. The van der Waals surface area contributed by atoms with E-state index in [2.05, 4.69) is 5.32 Å². The third-order valence-electron chi connectivity index (χ3n) is 5.48. The molecule has 2 heterocycles. The number of benzene rings is 2. The van der Waals surface area contributed by atoms with Gasteiger partial charge < -0.3 is 10.1 Å². The first-order valence-corrected chi connectivity index (χ1v) is 9.80. The lowest BCUT2D eigenvalue weighted by Crippen LogP contribution is -2.24. The van der Waals surface area contributed by atoms with Gasteiger partial charge in [0.15, 0.2) is 0 Å². The van der Waals surface area contributed by atoms with Crippen molar-refractivity contribution in [2.24, 2.45) is 7.05 Å². The number of carbonyl (C=O) groups excluding carboxylic acids is 1. The number of hydrogen-bond donors (Lipinski definition) is 1. The number of nitro groups is 1. The molecule has 0 aliphatic carbocycles. The van der Waals surface area contributed by atoms with Gasteiger partial charge in [0, 0.05) is 42.8 Å². The molecule has 0 spiro atoms. The largest absolute Gasteiger partial charge is 0.466 e. The lowest BCUT2D eigenvalue weighted by Gasteiger charge is -2.28. The van der Waals surface area contributed by atoms with Crippen molar-refractivity contribution in [1.29, 1.82) is 0 Å². The van der Waals surface area contributed by atoms with Crippen molar-refractivity contribution < 1.29 is 14.5 Å². The van der Waals surface area contributed by atoms with Crippen LogP contribution in [0, 0.1) is 10.1 Å². The number of ether oxygens (including phenoxy) is 1. The molecule has 1 aromatic heterocycles. The van der Waals surface area contributed by atoms with Gasteiger partial charge in [0.1, 0.15) is 5.82 Å². The summed E-state index contributed by atoms with van der Waals surface area (Å²) in [5.74, 6) is -0.273. The van der Waals surface area contributed by atoms with Gasteiger partial charge in [-0.15, -0.1) is 0 Å². The molecule has 1 aliphatic rings. The van der Waals surface area contributed by atoms with Crippen molar-refractivity contribution >= 4 is 17.5 Å². The topological polar surface area (TPSA) is 99.3 Å². The number of esters is 1. The van der Waals surface area contributed by atoms with Crippen molar-refractivity contribution in [3.63, 3.8) is 0 Å². The number of aryl methyl sites for hydroxylation is 1. The number of hydrogen-bond acceptors (Lipinski definition) is 6. The lowest BCUT2D eigenvalue weighted by atomic mass is 9.80. The number of fused-ring (bicyclic) bond motifs is 1. The Balaban J connectivity index is 1.93. The predicted octanol–water partition coefficient (Wildman–Crippen LogP) is 3.92. The summed E-state index contributed by atoms with van der Waals surface area (Å²) in [7, 11) is 3.16. The van der Waals surface area contributed by atoms with Crippen LogP contribution in [0.2, 0.25) is 0 Å². The van der Waals surface area contributed by atoms with Crippen LogP contribution in [0.4, 0.5) is 11.5 Å². The van der Waals surface area contributed by atoms with E-state index in [-0.39, 0.29) is 5.69 Å². The summed E-state index contributed by atoms with van der Waals surface area (Å²) in [5, 5.41) is 19.4. The first kappa shape index (κ1) is 20.3. The van der Waals surface area contributed by atoms with Crippen LogP contribution in [-0.2, 0) is 23.0 Å². The molecule has 1 N–H and O–H groups in total. The summed E-state index contributed by atoms with van der Waals surface area (Å²) in [4.78, 5) is 23.8. The molecule has 0 radical (unpaired) electrons. The molecule has 3 aromatic rings. The minimum absolute atomic E-state index is 0.0343. The molecular formula is C23H22N4O4. The van der Waals surface area contributed by atoms with E-state index in [0.29, 0.717) is 23.3 Å². The standard InChI is InChI=1S/C23H22N4O4/c1-14-19(23(28)31-3)20(16-10-7-11-17(13-16)27(29)30)21-18(25-26(2)22(21)24-14)12-15-8-5-4-6-9-15/h4-11,13,20,24H,12H2,1-3H3. The molecule has 8 heteroatoms. The second-order valence-electron chi connectivity index (χ2n) is 7.44. The van der Waals surface area contributed by atoms with Crippen LogP contribution >= 0.6 is 0 Å². The molecule has 0 saturated carbocycles. The molecule has 0 fully saturated rings. The van der Waals surface area contributed by atoms with Crippen molar-refractivity contribution in [2.45, 2.75) is 19.3 Å². The Morgan fingerprint density at radius 3 is 2.65 bits per heavy atom. The number of nitrogens with zero attached hydrogens (tertiary/aromatic N) is 3. The lowest BCUT2D eigenvalue weighted by molar-refractivity contribution is -0.384. The molecule has 31 heavy (non-hydrogen) atoms. The molecule has 8 nitrogen and oxygen atoms in total. The second kappa shape index (κ2) is 8.06. The summed E-state index contributed by atoms with van der Waals surface area (Å²) in [5.41, 5.74) is 4.33. The van der Waals surface area contributed by atoms with Crippen molar-refractivity contribution in [2.75, 3.05) is 12.4 Å². The first-order valence-electron chi connectivity index (χ1n) is 9.80. The van der Waals surface area contributed by atoms with E-state index in [1.807, 2.05) is 37.4 Å². The van der Waals surface area contributed by atoms with Gasteiger partial charge in [-0.1, -0.05) is 42.5 Å². The third kappa shape index (κ3) is 3.68. The molecule has 0 saturated heterocycles. The van der Waals surface area contributed by atoms with Crippen LogP contribution in [-0.4, -0.2) is 27.8 Å². The molecule has 1 aliphatic heterocycles. The van der Waals surface area contributed by atoms with Gasteiger partial charge >= 0.3 is 5.97 Å². The van der Waals surface area contributed by atoms with Crippen LogP contribution in [0.1, 0.15) is 35.2 Å². The predicted molar refractivity (Wildman–Crippen MR) is 116 cm³/mol. The third-order valence-corrected chi connectivity index (χ3v) is 5.48. The van der Waals surface area contributed by atoms with E-state index in [0.717, 1.165) is 22.6 Å². The number of rotatable bonds is 5. The van der Waals surface area contributed by atoms with Gasteiger partial charge in [-0.05, 0) is 18.1 Å². The average molecular weight is 418 g/mol. The van der Waals surface area contributed by atoms with E-state index in [9.17, 15) is 14.9 Å². The Hall–Kier alpha value is -3.94. The molecule has 0 bridgehead atoms. The van der Waals surface area contributed by atoms with E-state index >= 15 is 0 Å². The Labute approximate surface area is 179 Å². The van der Waals surface area contributed by atoms with Crippen LogP contribution < -0.4 is 5.32 Å². The van der Waals surface area contributed by atoms with Gasteiger partial charge in [0.05, 0.1) is 23.3 Å². The highest BCUT2D eigenvalue weighted by Gasteiger charge is 2.37. The molecule has 0 amide bonds. The zero-order chi connectivity index (χ0) is 22.1. The maximum absolute atomic E-state index is 12.8. The van der Waals surface area contributed by atoms with Crippen LogP contribution in [0.3, 0.4) is 0 Å². The molecule has 1 atom stereocenters. The number of non-ortho nitro benzene ring substituents is 1. The smallest absolute Gasteiger partial charge is 0.336 e. The normalized spacial score (nSPS) is 15.3. The zero-order valence-electron chi connectivity index (χ0n) is 17.5. The molecule has 4 rings (SSSR count). The van der Waals surface area contributed by atoms with E-state index in [4.69, 9.17) is 9.84 Å². The SMILES string of the molecule is COC(=O)C1=C(C)Nc2c(c(Cc3ccccc3)nn2C)C1c1cccc([N+](=O)[O-])c1. The summed E-state index contributed by atoms with van der Waals surface area (Å²) in [6.45, 7) is 1.80. The van der Waals surface area contributed by atoms with E-state index in [1.54, 1.807) is 23.7 Å². The number of anilines is 1. The number of carbonyl (C=O) groups is 1. The monoisotopic (exact) mass is 418 g/mol. The number of allylic oxidation sites excluding steroid dienone is 1. The van der Waals surface area contributed by atoms with Crippen molar-refractivity contribution in [1.82, 2.24) is 9.78 Å². The quantitative estimate of drug-likeness (QED) is 0.383. The maximum Gasteiger partial charge on any atom is 0.336 e. The minimum atomic E-state index is -0.545. The fourth-order valence-electron chi connectivity index (χ4n) is 4.11. The minimum Gasteiger partial charge on any atom is -0.466 e. The van der Waals surface area contributed by atoms with Gasteiger partial charge in [0.2, 0.25) is 0 Å². The van der Waals surface area contributed by atoms with Gasteiger partial charge in [0.25, 0.3) is 5.69 Å². The zero-order valence-corrected chi connectivity index (χ0v) is 17.5. The van der Waals surface area contributed by atoms with Gasteiger partial charge in [-0.2, -0.15) is 5.10 Å². The summed E-state index contributed by atoms with van der Waals surface area (Å²) in [6, 6.07) is 16.3. The highest BCUT2D eigenvalue weighted by Crippen LogP contribution is 2.44. The summed E-state index contributed by atoms with van der Waals surface area (Å²) in [6.07, 6.45) is 0.560. The molecular weight excluding hydrogens is 396 g/mol. The Morgan fingerprint density at radius 1 is 1.23 bits per heavy atom. The second-order valence-corrected chi connectivity index (χ2v) is 7.44. The fraction of sp³-hybridized carbons (Fsp3) is 0.217. The Morgan fingerprint density at radius 2 is 1.97 bits per heavy atom. The highest BCUT2D eigenvalue weighted by molar-refractivity contribution is 5.94. The number of methoxy groups -OCH3 is 1. The van der Waals surface area contributed by atoms with Crippen LogP contribution in [0.25, 0.3) is 0 Å². The van der Waals surface area contributed by atoms with E-state index in [1.165, 1.54) is 19.2 Å². The molecule has 158 valence electrons. The summed E-state index contributed by atoms with van der Waals surface area (Å²) < 4.78 is 6.82. The maximum atomic E-state index is 12.8. The Bertz CT molecular complexity index is 1200. The summed E-state index contributed by atoms with van der Waals surface area (Å²) >= 11 is 0. The molecule has 2 aromatic carbocycles. The van der Waals surface area contributed by atoms with Crippen LogP contribution in [0.15, 0.2) is 65.9 Å². The van der Waals surface area contributed by atoms with Crippen molar-refractivity contribution in [3.8, 4) is 0 Å².